The first kappa shape index (κ1) is 18.4. The summed E-state index contributed by atoms with van der Waals surface area (Å²) in [6.45, 7) is 4.21. The SMILES string of the molecule is CN(CC(c1cccs1)N1CCOCC1)C(=O)C1CC2CCCCC2N1. The van der Waals surface area contributed by atoms with Crippen molar-refractivity contribution in [2.45, 2.75) is 50.2 Å². The molecule has 4 atom stereocenters. The van der Waals surface area contributed by atoms with Gasteiger partial charge in [-0.3, -0.25) is 9.69 Å². The van der Waals surface area contributed by atoms with Crippen molar-refractivity contribution in [1.82, 2.24) is 15.1 Å². The summed E-state index contributed by atoms with van der Waals surface area (Å²) in [4.78, 5) is 18.9. The Balaban J connectivity index is 1.41. The summed E-state index contributed by atoms with van der Waals surface area (Å²) in [7, 11) is 1.98. The number of morpholine rings is 1. The molecule has 1 amide bonds. The van der Waals surface area contributed by atoms with E-state index in [-0.39, 0.29) is 18.0 Å². The molecule has 1 aromatic rings. The zero-order valence-corrected chi connectivity index (χ0v) is 16.5. The van der Waals surface area contributed by atoms with Crippen molar-refractivity contribution in [3.63, 3.8) is 0 Å². The number of rotatable bonds is 5. The molecule has 1 aromatic heterocycles. The lowest BCUT2D eigenvalue weighted by molar-refractivity contribution is -0.132. The fraction of sp³-hybridized carbons (Fsp3) is 0.750. The molecule has 2 aliphatic heterocycles. The minimum atomic E-state index is 0.0155. The van der Waals surface area contributed by atoms with Gasteiger partial charge in [0.05, 0.1) is 25.3 Å². The number of ether oxygens (including phenoxy) is 1. The van der Waals surface area contributed by atoms with Crippen LogP contribution in [0.4, 0.5) is 0 Å². The summed E-state index contributed by atoms with van der Waals surface area (Å²) >= 11 is 1.79. The lowest BCUT2D eigenvalue weighted by Gasteiger charge is -2.36. The summed E-state index contributed by atoms with van der Waals surface area (Å²) in [6, 6.07) is 5.17. The van der Waals surface area contributed by atoms with Crippen molar-refractivity contribution in [3.8, 4) is 0 Å². The molecule has 0 aromatic carbocycles. The summed E-state index contributed by atoms with van der Waals surface area (Å²) < 4.78 is 5.53. The van der Waals surface area contributed by atoms with Gasteiger partial charge >= 0.3 is 0 Å². The maximum absolute atomic E-state index is 13.1. The number of hydrogen-bond acceptors (Lipinski definition) is 5. The highest BCUT2D eigenvalue weighted by molar-refractivity contribution is 7.10. The third kappa shape index (κ3) is 3.98. The van der Waals surface area contributed by atoms with Crippen molar-refractivity contribution in [1.29, 1.82) is 0 Å². The summed E-state index contributed by atoms with van der Waals surface area (Å²) in [5.41, 5.74) is 0. The molecule has 1 N–H and O–H groups in total. The number of likely N-dealkylation sites (N-methyl/N-ethyl adjacent to an activating group) is 1. The Hall–Kier alpha value is -0.950. The van der Waals surface area contributed by atoms with Gasteiger partial charge < -0.3 is 15.0 Å². The Labute approximate surface area is 160 Å². The first-order valence-electron chi connectivity index (χ1n) is 10.1. The van der Waals surface area contributed by atoms with E-state index < -0.39 is 0 Å². The predicted octanol–water partition coefficient (Wildman–Crippen LogP) is 2.50. The number of hydrogen-bond donors (Lipinski definition) is 1. The molecule has 2 saturated heterocycles. The van der Waals surface area contributed by atoms with E-state index in [1.807, 2.05) is 11.9 Å². The molecule has 3 aliphatic rings. The summed E-state index contributed by atoms with van der Waals surface area (Å²) in [6.07, 6.45) is 6.19. The predicted molar refractivity (Wildman–Crippen MR) is 104 cm³/mol. The van der Waals surface area contributed by atoms with Gasteiger partial charge in [0.15, 0.2) is 0 Å². The number of carbonyl (C=O) groups is 1. The Kier molecular flexibility index (Phi) is 5.93. The Morgan fingerprint density at radius 1 is 1.38 bits per heavy atom. The van der Waals surface area contributed by atoms with E-state index in [1.54, 1.807) is 11.3 Å². The molecule has 4 rings (SSSR count). The highest BCUT2D eigenvalue weighted by atomic mass is 32.1. The van der Waals surface area contributed by atoms with E-state index in [9.17, 15) is 4.79 Å². The molecule has 3 fully saturated rings. The molecule has 5 nitrogen and oxygen atoms in total. The molecule has 0 radical (unpaired) electrons. The number of amides is 1. The third-order valence-electron chi connectivity index (χ3n) is 6.34. The normalized spacial score (nSPS) is 30.7. The molecule has 144 valence electrons. The highest BCUT2D eigenvalue weighted by Crippen LogP contribution is 2.34. The second kappa shape index (κ2) is 8.38. The van der Waals surface area contributed by atoms with Crippen molar-refractivity contribution in [2.75, 3.05) is 39.9 Å². The van der Waals surface area contributed by atoms with Crippen molar-refractivity contribution < 1.29 is 9.53 Å². The molecule has 1 saturated carbocycles. The van der Waals surface area contributed by atoms with Crippen LogP contribution in [0.3, 0.4) is 0 Å². The molecular weight excluding hydrogens is 346 g/mol. The number of nitrogens with one attached hydrogen (secondary N) is 1. The second-order valence-electron chi connectivity index (χ2n) is 8.00. The largest absolute Gasteiger partial charge is 0.379 e. The zero-order valence-electron chi connectivity index (χ0n) is 15.7. The van der Waals surface area contributed by atoms with E-state index in [0.29, 0.717) is 12.0 Å². The maximum atomic E-state index is 13.1. The van der Waals surface area contributed by atoms with Gasteiger partial charge in [-0.15, -0.1) is 11.3 Å². The minimum Gasteiger partial charge on any atom is -0.379 e. The molecule has 26 heavy (non-hydrogen) atoms. The molecular formula is C20H31N3O2S. The van der Waals surface area contributed by atoms with Crippen LogP contribution in [-0.4, -0.2) is 67.7 Å². The van der Waals surface area contributed by atoms with Gasteiger partial charge in [0.1, 0.15) is 0 Å². The highest BCUT2D eigenvalue weighted by Gasteiger charge is 2.39. The van der Waals surface area contributed by atoms with Gasteiger partial charge in [0.2, 0.25) is 5.91 Å². The van der Waals surface area contributed by atoms with Gasteiger partial charge in [-0.2, -0.15) is 0 Å². The Morgan fingerprint density at radius 3 is 2.92 bits per heavy atom. The van der Waals surface area contributed by atoms with Gasteiger partial charge in [-0.05, 0) is 36.6 Å². The van der Waals surface area contributed by atoms with Crippen LogP contribution in [-0.2, 0) is 9.53 Å². The molecule has 4 unspecified atom stereocenters. The van der Waals surface area contributed by atoms with E-state index in [4.69, 9.17) is 4.74 Å². The van der Waals surface area contributed by atoms with Crippen LogP contribution in [0.25, 0.3) is 0 Å². The Bertz CT molecular complexity index is 574. The number of carbonyl (C=O) groups excluding carboxylic acids is 1. The summed E-state index contributed by atoms with van der Waals surface area (Å²) in [5.74, 6) is 0.979. The third-order valence-corrected chi connectivity index (χ3v) is 7.32. The van der Waals surface area contributed by atoms with E-state index in [0.717, 1.165) is 39.3 Å². The lowest BCUT2D eigenvalue weighted by Crippen LogP contribution is -2.48. The molecule has 6 heteroatoms. The standard InChI is InChI=1S/C20H31N3O2S/c1-22(20(24)17-13-15-5-2-3-6-16(15)21-17)14-18(19-7-4-12-26-19)23-8-10-25-11-9-23/h4,7,12,15-18,21H,2-3,5-6,8-11,13-14H2,1H3. The van der Waals surface area contributed by atoms with Crippen LogP contribution in [0.1, 0.15) is 43.0 Å². The minimum absolute atomic E-state index is 0.0155. The van der Waals surface area contributed by atoms with Crippen LogP contribution in [0.15, 0.2) is 17.5 Å². The molecule has 0 bridgehead atoms. The monoisotopic (exact) mass is 377 g/mol. The number of fused-ring (bicyclic) bond motifs is 1. The average molecular weight is 378 g/mol. The smallest absolute Gasteiger partial charge is 0.239 e. The number of thiophene rings is 1. The van der Waals surface area contributed by atoms with Crippen molar-refractivity contribution in [2.24, 2.45) is 5.92 Å². The van der Waals surface area contributed by atoms with E-state index >= 15 is 0 Å². The lowest BCUT2D eigenvalue weighted by atomic mass is 9.85. The Morgan fingerprint density at radius 2 is 2.19 bits per heavy atom. The topological polar surface area (TPSA) is 44.8 Å². The number of nitrogens with zero attached hydrogens (tertiary/aromatic N) is 2. The maximum Gasteiger partial charge on any atom is 0.239 e. The van der Waals surface area contributed by atoms with Gasteiger partial charge in [0.25, 0.3) is 0 Å². The van der Waals surface area contributed by atoms with Crippen LogP contribution in [0, 0.1) is 5.92 Å². The molecule has 1 aliphatic carbocycles. The van der Waals surface area contributed by atoms with Crippen LogP contribution < -0.4 is 5.32 Å². The van der Waals surface area contributed by atoms with Gasteiger partial charge in [0, 0.05) is 37.6 Å². The summed E-state index contributed by atoms with van der Waals surface area (Å²) in [5, 5.41) is 5.77. The zero-order chi connectivity index (χ0) is 17.9. The molecule has 0 spiro atoms. The van der Waals surface area contributed by atoms with E-state index in [1.165, 1.54) is 30.6 Å². The molecule has 3 heterocycles. The first-order valence-corrected chi connectivity index (χ1v) is 11.0. The quantitative estimate of drug-likeness (QED) is 0.856. The van der Waals surface area contributed by atoms with E-state index in [2.05, 4.69) is 27.7 Å². The van der Waals surface area contributed by atoms with Gasteiger partial charge in [-0.1, -0.05) is 18.9 Å². The van der Waals surface area contributed by atoms with Crippen molar-refractivity contribution in [3.05, 3.63) is 22.4 Å². The van der Waals surface area contributed by atoms with Crippen molar-refractivity contribution >= 4 is 17.2 Å². The fourth-order valence-corrected chi connectivity index (χ4v) is 5.73. The van der Waals surface area contributed by atoms with Crippen LogP contribution >= 0.6 is 11.3 Å². The fourth-order valence-electron chi connectivity index (χ4n) is 4.88. The second-order valence-corrected chi connectivity index (χ2v) is 8.98. The average Bonchev–Trinajstić information content (AvgIpc) is 3.35. The van der Waals surface area contributed by atoms with Gasteiger partial charge in [-0.25, -0.2) is 0 Å². The first-order chi connectivity index (χ1) is 12.7. The van der Waals surface area contributed by atoms with Crippen LogP contribution in [0.5, 0.6) is 0 Å². The van der Waals surface area contributed by atoms with Crippen LogP contribution in [0.2, 0.25) is 0 Å².